The standard InChI is InChI=1S/C20H16Cl2N4O3/c1-29-13-5-2-11(3-6-13)14-10-23-26-17(9-18(27)25-19(14)26)20(28)24-16-7-4-12(21)8-15(16)22/h2-8,10,17H,9H2,1H3,(H,24,28)(H,25,27)/t17-/m0/s1. The van der Waals surface area contributed by atoms with E-state index in [-0.39, 0.29) is 12.3 Å². The lowest BCUT2D eigenvalue weighted by Gasteiger charge is -2.24. The van der Waals surface area contributed by atoms with Crippen LogP contribution in [0, 0.1) is 0 Å². The molecule has 1 aliphatic heterocycles. The summed E-state index contributed by atoms with van der Waals surface area (Å²) in [5.41, 5.74) is 1.97. The van der Waals surface area contributed by atoms with E-state index < -0.39 is 11.9 Å². The largest absolute Gasteiger partial charge is 0.497 e. The van der Waals surface area contributed by atoms with Crippen molar-refractivity contribution in [3.8, 4) is 16.9 Å². The van der Waals surface area contributed by atoms with Gasteiger partial charge in [-0.15, -0.1) is 0 Å². The van der Waals surface area contributed by atoms with Gasteiger partial charge in [0.05, 0.1) is 30.4 Å². The predicted molar refractivity (Wildman–Crippen MR) is 112 cm³/mol. The smallest absolute Gasteiger partial charge is 0.249 e. The van der Waals surface area contributed by atoms with Crippen LogP contribution < -0.4 is 15.4 Å². The molecule has 2 heterocycles. The van der Waals surface area contributed by atoms with Gasteiger partial charge in [0.15, 0.2) is 0 Å². The highest BCUT2D eigenvalue weighted by atomic mass is 35.5. The van der Waals surface area contributed by atoms with E-state index in [4.69, 9.17) is 27.9 Å². The Bertz CT molecular complexity index is 1100. The quantitative estimate of drug-likeness (QED) is 0.642. The summed E-state index contributed by atoms with van der Waals surface area (Å²) in [6.07, 6.45) is 1.59. The second-order valence-corrected chi connectivity index (χ2v) is 7.31. The molecule has 3 aromatic rings. The number of fused-ring (bicyclic) bond motifs is 1. The normalized spacial score (nSPS) is 15.4. The fraction of sp³-hybridized carbons (Fsp3) is 0.150. The van der Waals surface area contributed by atoms with Crippen LogP contribution in [0.3, 0.4) is 0 Å². The van der Waals surface area contributed by atoms with Crippen molar-refractivity contribution < 1.29 is 14.3 Å². The lowest BCUT2D eigenvalue weighted by molar-refractivity contribution is -0.125. The first-order valence-electron chi connectivity index (χ1n) is 8.74. The van der Waals surface area contributed by atoms with Crippen LogP contribution in [0.25, 0.3) is 11.1 Å². The molecule has 0 bridgehead atoms. The first-order chi connectivity index (χ1) is 14.0. The zero-order chi connectivity index (χ0) is 20.5. The molecule has 2 aromatic carbocycles. The molecular weight excluding hydrogens is 415 g/mol. The molecule has 1 atom stereocenters. The van der Waals surface area contributed by atoms with Crippen LogP contribution in [0.4, 0.5) is 11.5 Å². The van der Waals surface area contributed by atoms with Gasteiger partial charge in [-0.05, 0) is 35.9 Å². The number of hydrogen-bond donors (Lipinski definition) is 2. The van der Waals surface area contributed by atoms with E-state index in [0.29, 0.717) is 27.1 Å². The summed E-state index contributed by atoms with van der Waals surface area (Å²) in [4.78, 5) is 25.2. The monoisotopic (exact) mass is 430 g/mol. The number of benzene rings is 2. The van der Waals surface area contributed by atoms with Crippen molar-refractivity contribution in [1.29, 1.82) is 0 Å². The van der Waals surface area contributed by atoms with E-state index in [9.17, 15) is 9.59 Å². The fourth-order valence-electron chi connectivity index (χ4n) is 3.16. The Morgan fingerprint density at radius 1 is 1.24 bits per heavy atom. The van der Waals surface area contributed by atoms with E-state index in [2.05, 4.69) is 15.7 Å². The Balaban J connectivity index is 1.65. The summed E-state index contributed by atoms with van der Waals surface area (Å²) in [5.74, 6) is 0.523. The maximum absolute atomic E-state index is 12.9. The molecule has 9 heteroatoms. The second kappa shape index (κ2) is 7.77. The highest BCUT2D eigenvalue weighted by molar-refractivity contribution is 6.36. The average molecular weight is 431 g/mol. The molecule has 0 fully saturated rings. The molecule has 0 spiro atoms. The first kappa shape index (κ1) is 19.3. The number of nitrogens with zero attached hydrogens (tertiary/aromatic N) is 2. The third-order valence-corrected chi connectivity index (χ3v) is 5.17. The lowest BCUT2D eigenvalue weighted by Crippen LogP contribution is -2.35. The Hall–Kier alpha value is -3.03. The molecule has 2 N–H and O–H groups in total. The van der Waals surface area contributed by atoms with Crippen LogP contribution in [0.15, 0.2) is 48.7 Å². The van der Waals surface area contributed by atoms with Gasteiger partial charge < -0.3 is 15.4 Å². The number of hydrogen-bond acceptors (Lipinski definition) is 4. The summed E-state index contributed by atoms with van der Waals surface area (Å²) >= 11 is 12.0. The van der Waals surface area contributed by atoms with Gasteiger partial charge in [-0.3, -0.25) is 9.59 Å². The molecule has 0 radical (unpaired) electrons. The van der Waals surface area contributed by atoms with Crippen LogP contribution in [0.5, 0.6) is 5.75 Å². The fourth-order valence-corrected chi connectivity index (χ4v) is 3.62. The third kappa shape index (κ3) is 3.79. The van der Waals surface area contributed by atoms with E-state index in [0.717, 1.165) is 11.3 Å². The van der Waals surface area contributed by atoms with Gasteiger partial charge in [0.2, 0.25) is 11.8 Å². The third-order valence-electron chi connectivity index (χ3n) is 4.62. The van der Waals surface area contributed by atoms with Crippen molar-refractivity contribution in [2.75, 3.05) is 17.7 Å². The molecule has 29 heavy (non-hydrogen) atoms. The topological polar surface area (TPSA) is 85.2 Å². The molecule has 1 aromatic heterocycles. The summed E-state index contributed by atoms with van der Waals surface area (Å²) in [6.45, 7) is 0. The molecule has 2 amide bonds. The van der Waals surface area contributed by atoms with Gasteiger partial charge in [-0.1, -0.05) is 35.3 Å². The summed E-state index contributed by atoms with van der Waals surface area (Å²) in [7, 11) is 1.59. The molecule has 1 aliphatic rings. The van der Waals surface area contributed by atoms with Crippen molar-refractivity contribution in [2.24, 2.45) is 0 Å². The molecule has 7 nitrogen and oxygen atoms in total. The molecular formula is C20H16Cl2N4O3. The van der Waals surface area contributed by atoms with Crippen LogP contribution in [-0.2, 0) is 9.59 Å². The van der Waals surface area contributed by atoms with E-state index >= 15 is 0 Å². The zero-order valence-electron chi connectivity index (χ0n) is 15.3. The van der Waals surface area contributed by atoms with Gasteiger partial charge in [0.25, 0.3) is 0 Å². The number of aromatic nitrogens is 2. The van der Waals surface area contributed by atoms with Gasteiger partial charge in [-0.2, -0.15) is 5.10 Å². The summed E-state index contributed by atoms with van der Waals surface area (Å²) < 4.78 is 6.69. The maximum atomic E-state index is 12.9. The molecule has 0 unspecified atom stereocenters. The van der Waals surface area contributed by atoms with Crippen LogP contribution in [0.2, 0.25) is 10.0 Å². The lowest BCUT2D eigenvalue weighted by atomic mass is 10.1. The summed E-state index contributed by atoms with van der Waals surface area (Å²) in [6, 6.07) is 11.3. The zero-order valence-corrected chi connectivity index (χ0v) is 16.8. The average Bonchev–Trinajstić information content (AvgIpc) is 3.13. The number of nitrogens with one attached hydrogen (secondary N) is 2. The van der Waals surface area contributed by atoms with Gasteiger partial charge in [0, 0.05) is 10.6 Å². The maximum Gasteiger partial charge on any atom is 0.249 e. The highest BCUT2D eigenvalue weighted by Gasteiger charge is 2.33. The number of amides is 2. The Kier molecular flexibility index (Phi) is 5.17. The molecule has 148 valence electrons. The Labute approximate surface area is 176 Å². The van der Waals surface area contributed by atoms with Crippen LogP contribution in [-0.4, -0.2) is 28.7 Å². The minimum absolute atomic E-state index is 0.0340. The number of methoxy groups -OCH3 is 1. The van der Waals surface area contributed by atoms with E-state index in [1.54, 1.807) is 25.4 Å². The van der Waals surface area contributed by atoms with Crippen molar-refractivity contribution in [1.82, 2.24) is 9.78 Å². The van der Waals surface area contributed by atoms with E-state index in [1.165, 1.54) is 10.7 Å². The highest BCUT2D eigenvalue weighted by Crippen LogP contribution is 2.35. The SMILES string of the molecule is COc1ccc(-c2cnn3c2NC(=O)C[C@H]3C(=O)Nc2ccc(Cl)cc2Cl)cc1. The van der Waals surface area contributed by atoms with E-state index in [1.807, 2.05) is 24.3 Å². The molecule has 4 rings (SSSR count). The number of carbonyl (C=O) groups excluding carboxylic acids is 2. The minimum atomic E-state index is -0.808. The Morgan fingerprint density at radius 3 is 2.69 bits per heavy atom. The van der Waals surface area contributed by atoms with Gasteiger partial charge in [0.1, 0.15) is 17.6 Å². The molecule has 0 saturated carbocycles. The van der Waals surface area contributed by atoms with Gasteiger partial charge in [-0.25, -0.2) is 4.68 Å². The number of anilines is 2. The summed E-state index contributed by atoms with van der Waals surface area (Å²) in [5, 5.41) is 10.7. The van der Waals surface area contributed by atoms with Crippen LogP contribution >= 0.6 is 23.2 Å². The number of rotatable bonds is 4. The number of halogens is 2. The Morgan fingerprint density at radius 2 is 2.00 bits per heavy atom. The minimum Gasteiger partial charge on any atom is -0.497 e. The van der Waals surface area contributed by atoms with Crippen molar-refractivity contribution >= 4 is 46.5 Å². The molecule has 0 aliphatic carbocycles. The van der Waals surface area contributed by atoms with Crippen molar-refractivity contribution in [2.45, 2.75) is 12.5 Å². The van der Waals surface area contributed by atoms with Gasteiger partial charge >= 0.3 is 0 Å². The number of ether oxygens (including phenoxy) is 1. The van der Waals surface area contributed by atoms with Crippen molar-refractivity contribution in [3.63, 3.8) is 0 Å². The second-order valence-electron chi connectivity index (χ2n) is 6.46. The van der Waals surface area contributed by atoms with Crippen molar-refractivity contribution in [3.05, 3.63) is 58.7 Å². The predicted octanol–water partition coefficient (Wildman–Crippen LogP) is 4.39. The number of carbonyl (C=O) groups is 2. The molecule has 0 saturated heterocycles. The van der Waals surface area contributed by atoms with Crippen LogP contribution in [0.1, 0.15) is 12.5 Å². The first-order valence-corrected chi connectivity index (χ1v) is 9.49.